The summed E-state index contributed by atoms with van der Waals surface area (Å²) in [6, 6.07) is 8.27. The second kappa shape index (κ2) is 4.49. The van der Waals surface area contributed by atoms with E-state index >= 15 is 0 Å². The maximum atomic E-state index is 8.87. The van der Waals surface area contributed by atoms with Crippen molar-refractivity contribution in [3.63, 3.8) is 0 Å². The fourth-order valence-corrected chi connectivity index (χ4v) is 1.82. The van der Waals surface area contributed by atoms with Gasteiger partial charge in [0, 0.05) is 17.7 Å². The van der Waals surface area contributed by atoms with Crippen LogP contribution < -0.4 is 0 Å². The number of aromatic nitrogens is 2. The zero-order valence-corrected chi connectivity index (χ0v) is 9.62. The number of aliphatic hydroxyl groups is 1. The summed E-state index contributed by atoms with van der Waals surface area (Å²) in [5.41, 5.74) is 4.38. The number of hydrogen-bond acceptors (Lipinski definition) is 2. The van der Waals surface area contributed by atoms with Crippen molar-refractivity contribution in [1.29, 1.82) is 0 Å². The predicted molar refractivity (Wildman–Crippen MR) is 64.3 cm³/mol. The lowest BCUT2D eigenvalue weighted by atomic mass is 10.1. The molecule has 0 spiro atoms. The molecule has 3 nitrogen and oxygen atoms in total. The fourth-order valence-electron chi connectivity index (χ4n) is 1.82. The van der Waals surface area contributed by atoms with Gasteiger partial charge >= 0.3 is 0 Å². The summed E-state index contributed by atoms with van der Waals surface area (Å²) in [4.78, 5) is 7.69. The van der Waals surface area contributed by atoms with E-state index in [-0.39, 0.29) is 6.61 Å². The van der Waals surface area contributed by atoms with Gasteiger partial charge in [0.05, 0.1) is 12.3 Å². The van der Waals surface area contributed by atoms with Crippen molar-refractivity contribution in [2.24, 2.45) is 0 Å². The minimum atomic E-state index is 0.125. The number of aromatic amines is 1. The number of rotatable bonds is 3. The zero-order chi connectivity index (χ0) is 11.5. The summed E-state index contributed by atoms with van der Waals surface area (Å²) in [5, 5.41) is 8.87. The lowest BCUT2D eigenvalue weighted by Crippen LogP contribution is -1.92. The van der Waals surface area contributed by atoms with Crippen LogP contribution in [0.25, 0.3) is 11.3 Å². The maximum Gasteiger partial charge on any atom is 0.109 e. The van der Waals surface area contributed by atoms with Gasteiger partial charge in [-0.15, -0.1) is 0 Å². The van der Waals surface area contributed by atoms with Crippen LogP contribution in [0.2, 0.25) is 0 Å². The van der Waals surface area contributed by atoms with Crippen molar-refractivity contribution >= 4 is 0 Å². The van der Waals surface area contributed by atoms with Crippen molar-refractivity contribution in [1.82, 2.24) is 9.97 Å². The van der Waals surface area contributed by atoms with E-state index in [1.165, 1.54) is 5.56 Å². The molecule has 0 unspecified atom stereocenters. The largest absolute Gasteiger partial charge is 0.396 e. The second-order valence-electron chi connectivity index (χ2n) is 4.00. The number of aryl methyl sites for hydroxylation is 2. The summed E-state index contributed by atoms with van der Waals surface area (Å²) in [6.45, 7) is 4.20. The van der Waals surface area contributed by atoms with Gasteiger partial charge in [0.2, 0.25) is 0 Å². The predicted octanol–water partition coefficient (Wildman–Crippen LogP) is 2.23. The Kier molecular flexibility index (Phi) is 3.06. The second-order valence-corrected chi connectivity index (χ2v) is 4.00. The summed E-state index contributed by atoms with van der Waals surface area (Å²) < 4.78 is 0. The molecule has 1 aromatic carbocycles. The summed E-state index contributed by atoms with van der Waals surface area (Å²) >= 11 is 0. The molecule has 0 aliphatic carbocycles. The van der Waals surface area contributed by atoms with Gasteiger partial charge in [-0.3, -0.25) is 0 Å². The Morgan fingerprint density at radius 2 is 2.12 bits per heavy atom. The molecule has 0 aliphatic heterocycles. The van der Waals surface area contributed by atoms with Gasteiger partial charge in [0.15, 0.2) is 0 Å². The Bertz CT molecular complexity index is 488. The molecular formula is C13H16N2O. The van der Waals surface area contributed by atoms with Crippen molar-refractivity contribution in [2.75, 3.05) is 6.61 Å². The molecule has 2 N–H and O–H groups in total. The van der Waals surface area contributed by atoms with E-state index in [4.69, 9.17) is 5.11 Å². The van der Waals surface area contributed by atoms with Gasteiger partial charge in [-0.2, -0.15) is 0 Å². The van der Waals surface area contributed by atoms with Crippen LogP contribution in [-0.4, -0.2) is 21.7 Å². The topological polar surface area (TPSA) is 48.9 Å². The van der Waals surface area contributed by atoms with Crippen LogP contribution in [0, 0.1) is 13.8 Å². The molecule has 84 valence electrons. The molecule has 3 heteroatoms. The molecule has 1 heterocycles. The number of H-pyrrole nitrogens is 1. The third kappa shape index (κ3) is 2.14. The number of benzene rings is 1. The first-order valence-corrected chi connectivity index (χ1v) is 5.44. The Morgan fingerprint density at radius 1 is 1.31 bits per heavy atom. The quantitative estimate of drug-likeness (QED) is 0.826. The van der Waals surface area contributed by atoms with Gasteiger partial charge in [-0.25, -0.2) is 4.98 Å². The molecule has 0 bridgehead atoms. The highest BCUT2D eigenvalue weighted by Gasteiger charge is 2.08. The summed E-state index contributed by atoms with van der Waals surface area (Å²) in [6.07, 6.45) is 0.576. The first-order chi connectivity index (χ1) is 7.70. The van der Waals surface area contributed by atoms with Crippen molar-refractivity contribution in [2.45, 2.75) is 20.3 Å². The Hall–Kier alpha value is -1.61. The first-order valence-electron chi connectivity index (χ1n) is 5.44. The Balaban J connectivity index is 2.40. The fraction of sp³-hybridized carbons (Fsp3) is 0.308. The SMILES string of the molecule is Cc1cccc(-c2nc(CCO)[nH]c2C)c1. The third-order valence-electron chi connectivity index (χ3n) is 2.57. The molecule has 2 aromatic rings. The number of nitrogens with zero attached hydrogens (tertiary/aromatic N) is 1. The maximum absolute atomic E-state index is 8.87. The van der Waals surface area contributed by atoms with Crippen LogP contribution in [0.15, 0.2) is 24.3 Å². The van der Waals surface area contributed by atoms with Crippen molar-refractivity contribution in [3.8, 4) is 11.3 Å². The lowest BCUT2D eigenvalue weighted by Gasteiger charge is -1.99. The zero-order valence-electron chi connectivity index (χ0n) is 9.62. The molecule has 0 radical (unpaired) electrons. The average molecular weight is 216 g/mol. The van der Waals surface area contributed by atoms with E-state index < -0.39 is 0 Å². The van der Waals surface area contributed by atoms with E-state index in [0.717, 1.165) is 22.8 Å². The summed E-state index contributed by atoms with van der Waals surface area (Å²) in [7, 11) is 0. The molecule has 0 atom stereocenters. The van der Waals surface area contributed by atoms with Gasteiger partial charge in [-0.1, -0.05) is 23.8 Å². The monoisotopic (exact) mass is 216 g/mol. The minimum Gasteiger partial charge on any atom is -0.396 e. The van der Waals surface area contributed by atoms with Gasteiger partial charge in [0.1, 0.15) is 5.82 Å². The number of hydrogen-bond donors (Lipinski definition) is 2. The minimum absolute atomic E-state index is 0.125. The Morgan fingerprint density at radius 3 is 2.81 bits per heavy atom. The van der Waals surface area contributed by atoms with E-state index in [1.807, 2.05) is 13.0 Å². The molecule has 0 aliphatic rings. The standard InChI is InChI=1S/C13H16N2O/c1-9-4-3-5-11(8-9)13-10(2)14-12(15-13)6-7-16/h3-5,8,16H,6-7H2,1-2H3,(H,14,15). The molecule has 0 fully saturated rings. The van der Waals surface area contributed by atoms with Gasteiger partial charge < -0.3 is 10.1 Å². The Labute approximate surface area is 95.2 Å². The first kappa shape index (κ1) is 10.9. The number of nitrogens with one attached hydrogen (secondary N) is 1. The van der Waals surface area contributed by atoms with Crippen LogP contribution in [0.3, 0.4) is 0 Å². The molecule has 0 amide bonds. The van der Waals surface area contributed by atoms with Crippen LogP contribution in [-0.2, 0) is 6.42 Å². The summed E-state index contributed by atoms with van der Waals surface area (Å²) in [5.74, 6) is 0.844. The van der Waals surface area contributed by atoms with Crippen LogP contribution in [0.5, 0.6) is 0 Å². The normalized spacial score (nSPS) is 10.7. The van der Waals surface area contributed by atoms with Crippen LogP contribution in [0.1, 0.15) is 17.1 Å². The molecule has 1 aromatic heterocycles. The van der Waals surface area contributed by atoms with E-state index in [9.17, 15) is 0 Å². The van der Waals surface area contributed by atoms with Crippen LogP contribution >= 0.6 is 0 Å². The molecule has 0 saturated carbocycles. The molecule has 0 saturated heterocycles. The van der Waals surface area contributed by atoms with E-state index in [2.05, 4.69) is 35.1 Å². The smallest absolute Gasteiger partial charge is 0.109 e. The molecule has 16 heavy (non-hydrogen) atoms. The van der Waals surface area contributed by atoms with Gasteiger partial charge in [-0.05, 0) is 19.9 Å². The molecule has 2 rings (SSSR count). The highest BCUT2D eigenvalue weighted by molar-refractivity contribution is 5.62. The number of aliphatic hydroxyl groups excluding tert-OH is 1. The van der Waals surface area contributed by atoms with Crippen LogP contribution in [0.4, 0.5) is 0 Å². The van der Waals surface area contributed by atoms with Gasteiger partial charge in [0.25, 0.3) is 0 Å². The lowest BCUT2D eigenvalue weighted by molar-refractivity contribution is 0.297. The van der Waals surface area contributed by atoms with E-state index in [0.29, 0.717) is 6.42 Å². The molecular weight excluding hydrogens is 200 g/mol. The average Bonchev–Trinajstić information content (AvgIpc) is 2.60. The number of imidazole rings is 1. The highest BCUT2D eigenvalue weighted by Crippen LogP contribution is 2.21. The van der Waals surface area contributed by atoms with Crippen molar-refractivity contribution < 1.29 is 5.11 Å². The third-order valence-corrected chi connectivity index (χ3v) is 2.57. The van der Waals surface area contributed by atoms with Crippen molar-refractivity contribution in [3.05, 3.63) is 41.3 Å². The highest BCUT2D eigenvalue weighted by atomic mass is 16.3. The van der Waals surface area contributed by atoms with E-state index in [1.54, 1.807) is 0 Å².